The van der Waals surface area contributed by atoms with Gasteiger partial charge in [-0.25, -0.2) is 4.98 Å². The van der Waals surface area contributed by atoms with E-state index >= 15 is 0 Å². The summed E-state index contributed by atoms with van der Waals surface area (Å²) in [4.78, 5) is 48.6. The summed E-state index contributed by atoms with van der Waals surface area (Å²) in [5, 5.41) is 34.4. The van der Waals surface area contributed by atoms with E-state index in [4.69, 9.17) is 4.98 Å². The SMILES string of the molecule is O=[N+]([O-])c1ccc(-c2c3nc(c4ccc([nH]4)c(-c4ccc([N+](=O)[O-])cc4)c4ccc([nH]4)c(-c4ccc([N+](=O)[O-])cc4)c4ccc2[nH]4)C=C3)cc1. The molecule has 0 amide bonds. The standard InChI is InChI=1S/C37H23N7O6/c45-42(46)24-7-1-21(2-8-24)35-29-15-13-27(38-29)28-14-16-30(39-28)36(22-3-9-25(10-4-22)43(47)48)32-18-20-34(41-32)37(33-19-17-31(35)40-33)23-5-11-26(12-6-23)44(49)50/h1-20,38,40-41H. The average molecular weight is 662 g/mol. The van der Waals surface area contributed by atoms with Crippen LogP contribution in [0.1, 0.15) is 11.4 Å². The number of benzene rings is 3. The maximum absolute atomic E-state index is 11.5. The van der Waals surface area contributed by atoms with E-state index in [0.717, 1.165) is 33.2 Å². The first kappa shape index (κ1) is 30.0. The van der Waals surface area contributed by atoms with Gasteiger partial charge in [-0.3, -0.25) is 30.3 Å². The summed E-state index contributed by atoms with van der Waals surface area (Å²) in [5.41, 5.74) is 9.80. The second-order valence-corrected chi connectivity index (χ2v) is 11.6. The number of nitrogens with one attached hydrogen (secondary N) is 3. The third-order valence-corrected chi connectivity index (χ3v) is 8.68. The van der Waals surface area contributed by atoms with Gasteiger partial charge >= 0.3 is 0 Å². The minimum atomic E-state index is -0.451. The quantitative estimate of drug-likeness (QED) is 0.117. The normalized spacial score (nSPS) is 11.6. The van der Waals surface area contributed by atoms with Crippen LogP contribution in [0, 0.1) is 30.3 Å². The molecular formula is C37H23N7O6. The molecule has 3 N–H and O–H groups in total. The summed E-state index contributed by atoms with van der Waals surface area (Å²) in [6, 6.07) is 30.3. The molecule has 0 aliphatic carbocycles. The second-order valence-electron chi connectivity index (χ2n) is 11.6. The zero-order chi connectivity index (χ0) is 34.5. The molecule has 7 aromatic rings. The third kappa shape index (κ3) is 5.20. The van der Waals surface area contributed by atoms with Crippen molar-refractivity contribution >= 4 is 62.3 Å². The molecule has 0 fully saturated rings. The fourth-order valence-electron chi connectivity index (χ4n) is 6.32. The van der Waals surface area contributed by atoms with Crippen LogP contribution in [-0.4, -0.2) is 34.7 Å². The number of nitro benzene ring substituents is 3. The van der Waals surface area contributed by atoms with Crippen LogP contribution in [0.25, 0.3) is 78.6 Å². The predicted molar refractivity (Wildman–Crippen MR) is 191 cm³/mol. The van der Waals surface area contributed by atoms with Gasteiger partial charge < -0.3 is 15.0 Å². The number of rotatable bonds is 6. The Balaban J connectivity index is 1.50. The van der Waals surface area contributed by atoms with E-state index in [0.29, 0.717) is 44.6 Å². The van der Waals surface area contributed by atoms with Gasteiger partial charge in [-0.2, -0.15) is 0 Å². The lowest BCUT2D eigenvalue weighted by Crippen LogP contribution is -1.89. The Morgan fingerprint density at radius 3 is 1.06 bits per heavy atom. The summed E-state index contributed by atoms with van der Waals surface area (Å²) in [6.45, 7) is 0. The lowest BCUT2D eigenvalue weighted by atomic mass is 10.0. The second kappa shape index (κ2) is 11.7. The molecule has 4 aromatic heterocycles. The molecule has 0 unspecified atom stereocenters. The Morgan fingerprint density at radius 1 is 0.380 bits per heavy atom. The lowest BCUT2D eigenvalue weighted by molar-refractivity contribution is -0.385. The molecule has 0 atom stereocenters. The molecule has 242 valence electrons. The number of hydrogen-bond donors (Lipinski definition) is 3. The molecule has 13 heteroatoms. The zero-order valence-corrected chi connectivity index (χ0v) is 25.8. The van der Waals surface area contributed by atoms with Crippen molar-refractivity contribution in [3.8, 4) is 33.4 Å². The highest BCUT2D eigenvalue weighted by Gasteiger charge is 2.17. The van der Waals surface area contributed by atoms with Gasteiger partial charge in [0.2, 0.25) is 0 Å². The molecule has 8 rings (SSSR count). The zero-order valence-electron chi connectivity index (χ0n) is 25.8. The van der Waals surface area contributed by atoms with Crippen molar-refractivity contribution in [3.05, 3.63) is 151 Å². The molecule has 1 aliphatic heterocycles. The minimum absolute atomic E-state index is 0.0317. The van der Waals surface area contributed by atoms with E-state index in [1.54, 1.807) is 36.4 Å². The first-order valence-electron chi connectivity index (χ1n) is 15.3. The van der Waals surface area contributed by atoms with E-state index < -0.39 is 14.8 Å². The Hall–Kier alpha value is -7.41. The maximum Gasteiger partial charge on any atom is 0.269 e. The number of aromatic amines is 3. The molecule has 8 bridgehead atoms. The highest BCUT2D eigenvalue weighted by atomic mass is 16.6. The van der Waals surface area contributed by atoms with Crippen molar-refractivity contribution in [2.45, 2.75) is 0 Å². The molecule has 0 saturated heterocycles. The van der Waals surface area contributed by atoms with Gasteiger partial charge in [0, 0.05) is 80.7 Å². The first-order chi connectivity index (χ1) is 24.2. The molecule has 0 spiro atoms. The van der Waals surface area contributed by atoms with Crippen molar-refractivity contribution in [1.29, 1.82) is 0 Å². The van der Waals surface area contributed by atoms with Crippen LogP contribution in [0.15, 0.2) is 109 Å². The van der Waals surface area contributed by atoms with E-state index in [1.165, 1.54) is 36.4 Å². The van der Waals surface area contributed by atoms with Gasteiger partial charge in [-0.05, 0) is 102 Å². The highest BCUT2D eigenvalue weighted by Crippen LogP contribution is 2.37. The van der Waals surface area contributed by atoms with Crippen molar-refractivity contribution in [1.82, 2.24) is 19.9 Å². The highest BCUT2D eigenvalue weighted by molar-refractivity contribution is 6.00. The molecule has 1 aliphatic rings. The molecular weight excluding hydrogens is 638 g/mol. The summed E-state index contributed by atoms with van der Waals surface area (Å²) in [6.07, 6.45) is 3.77. The molecule has 5 heterocycles. The number of aromatic nitrogens is 4. The number of fused-ring (bicyclic) bond motifs is 9. The number of hydrogen-bond acceptors (Lipinski definition) is 7. The van der Waals surface area contributed by atoms with Crippen LogP contribution in [0.3, 0.4) is 0 Å². The predicted octanol–water partition coefficient (Wildman–Crippen LogP) is 9.42. The summed E-state index contributed by atoms with van der Waals surface area (Å²) >= 11 is 0. The fraction of sp³-hybridized carbons (Fsp3) is 0. The van der Waals surface area contributed by atoms with Crippen LogP contribution in [0.4, 0.5) is 17.1 Å². The average Bonchev–Trinajstić information content (AvgIpc) is 3.95. The van der Waals surface area contributed by atoms with E-state index in [2.05, 4.69) is 15.0 Å². The fourth-order valence-corrected chi connectivity index (χ4v) is 6.32. The van der Waals surface area contributed by atoms with Gasteiger partial charge in [0.15, 0.2) is 0 Å². The summed E-state index contributed by atoms with van der Waals surface area (Å²) in [7, 11) is 0. The van der Waals surface area contributed by atoms with E-state index in [1.807, 2.05) is 48.6 Å². The smallest absolute Gasteiger partial charge is 0.269 e. The third-order valence-electron chi connectivity index (χ3n) is 8.68. The molecule has 13 nitrogen and oxygen atoms in total. The monoisotopic (exact) mass is 661 g/mol. The van der Waals surface area contributed by atoms with Crippen molar-refractivity contribution in [2.24, 2.45) is 0 Å². The Labute approximate surface area is 281 Å². The largest absolute Gasteiger partial charge is 0.354 e. The van der Waals surface area contributed by atoms with Gasteiger partial charge in [0.25, 0.3) is 17.1 Å². The van der Waals surface area contributed by atoms with Crippen molar-refractivity contribution < 1.29 is 14.8 Å². The Bertz CT molecular complexity index is 2670. The van der Waals surface area contributed by atoms with Gasteiger partial charge in [0.05, 0.1) is 31.7 Å². The number of H-pyrrole nitrogens is 3. The minimum Gasteiger partial charge on any atom is -0.354 e. The maximum atomic E-state index is 11.5. The van der Waals surface area contributed by atoms with Crippen LogP contribution in [0.2, 0.25) is 0 Å². The van der Waals surface area contributed by atoms with Gasteiger partial charge in [0.1, 0.15) is 0 Å². The number of nitrogens with zero attached hydrogens (tertiary/aromatic N) is 4. The first-order valence-corrected chi connectivity index (χ1v) is 15.3. The summed E-state index contributed by atoms with van der Waals surface area (Å²) in [5.74, 6) is 0. The molecule has 3 aromatic carbocycles. The number of nitro groups is 3. The Kier molecular flexibility index (Phi) is 7.00. The van der Waals surface area contributed by atoms with Gasteiger partial charge in [-0.15, -0.1) is 0 Å². The summed E-state index contributed by atoms with van der Waals surface area (Å²) < 4.78 is 0. The van der Waals surface area contributed by atoms with E-state index in [9.17, 15) is 30.3 Å². The van der Waals surface area contributed by atoms with Crippen LogP contribution in [0.5, 0.6) is 0 Å². The molecule has 0 radical (unpaired) electrons. The van der Waals surface area contributed by atoms with Crippen molar-refractivity contribution in [2.75, 3.05) is 0 Å². The van der Waals surface area contributed by atoms with Crippen LogP contribution >= 0.6 is 0 Å². The van der Waals surface area contributed by atoms with Crippen LogP contribution in [-0.2, 0) is 0 Å². The van der Waals surface area contributed by atoms with Crippen LogP contribution < -0.4 is 0 Å². The van der Waals surface area contributed by atoms with Crippen molar-refractivity contribution in [3.63, 3.8) is 0 Å². The topological polar surface area (TPSA) is 190 Å². The molecule has 0 saturated carbocycles. The lowest BCUT2D eigenvalue weighted by Gasteiger charge is -2.05. The Morgan fingerprint density at radius 2 is 0.680 bits per heavy atom. The number of non-ortho nitro benzene ring substituents is 3. The molecule has 50 heavy (non-hydrogen) atoms. The van der Waals surface area contributed by atoms with E-state index in [-0.39, 0.29) is 17.1 Å². The van der Waals surface area contributed by atoms with Gasteiger partial charge in [-0.1, -0.05) is 0 Å².